The second kappa shape index (κ2) is 5.75. The summed E-state index contributed by atoms with van der Waals surface area (Å²) in [5.41, 5.74) is -1.63. The summed E-state index contributed by atoms with van der Waals surface area (Å²) in [6, 6.07) is 0.963. The van der Waals surface area contributed by atoms with Crippen molar-refractivity contribution in [2.45, 2.75) is 18.5 Å². The minimum absolute atomic E-state index is 0.236. The molecule has 1 aliphatic heterocycles. The van der Waals surface area contributed by atoms with E-state index < -0.39 is 48.8 Å². The molecule has 0 bridgehead atoms. The van der Waals surface area contributed by atoms with Crippen molar-refractivity contribution in [3.63, 3.8) is 0 Å². The maximum atomic E-state index is 12.5. The Hall–Kier alpha value is -2.43. The van der Waals surface area contributed by atoms with E-state index in [2.05, 4.69) is 0 Å². The van der Waals surface area contributed by atoms with E-state index >= 15 is 0 Å². The van der Waals surface area contributed by atoms with Gasteiger partial charge in [-0.05, 0) is 0 Å². The van der Waals surface area contributed by atoms with Gasteiger partial charge in [-0.25, -0.2) is 4.79 Å². The van der Waals surface area contributed by atoms with Gasteiger partial charge in [-0.2, -0.15) is 13.2 Å². The molecular weight excluding hydrogens is 311 g/mol. The quantitative estimate of drug-likeness (QED) is 0.706. The molecule has 8 nitrogen and oxygen atoms in total. The summed E-state index contributed by atoms with van der Waals surface area (Å²) >= 11 is 0. The number of hydrogen-bond acceptors (Lipinski definition) is 5. The Morgan fingerprint density at radius 3 is 2.59 bits per heavy atom. The number of hydrogen-bond donors (Lipinski definition) is 1. The van der Waals surface area contributed by atoms with Gasteiger partial charge in [-0.15, -0.1) is 0 Å². The van der Waals surface area contributed by atoms with Gasteiger partial charge in [0.25, 0.3) is 5.56 Å². The zero-order valence-electron chi connectivity index (χ0n) is 10.9. The molecule has 1 N–H and O–H groups in total. The molecule has 2 unspecified atom stereocenters. The number of nitrogens with zero attached hydrogens (tertiary/aromatic N) is 2. The largest absolute Gasteiger partial charge is 0.471 e. The van der Waals surface area contributed by atoms with Crippen molar-refractivity contribution in [1.29, 1.82) is 0 Å². The molecule has 1 fully saturated rings. The molecule has 1 amide bonds. The van der Waals surface area contributed by atoms with Crippen LogP contribution in [0.1, 0.15) is 6.23 Å². The number of aromatic amines is 1. The van der Waals surface area contributed by atoms with Crippen LogP contribution < -0.4 is 11.2 Å². The summed E-state index contributed by atoms with van der Waals surface area (Å²) in [4.78, 5) is 47.0. The normalized spacial score (nSPS) is 22.4. The van der Waals surface area contributed by atoms with Gasteiger partial charge in [-0.3, -0.25) is 19.1 Å². The van der Waals surface area contributed by atoms with Crippen molar-refractivity contribution in [2.24, 2.45) is 0 Å². The van der Waals surface area contributed by atoms with Crippen molar-refractivity contribution in [3.8, 4) is 0 Å². The van der Waals surface area contributed by atoms with Crippen LogP contribution in [0.4, 0.5) is 13.2 Å². The second-order valence-electron chi connectivity index (χ2n) is 4.49. The predicted octanol–water partition coefficient (Wildman–Crippen LogP) is -0.976. The Morgan fingerprint density at radius 1 is 1.36 bits per heavy atom. The molecule has 120 valence electrons. The van der Waals surface area contributed by atoms with E-state index in [4.69, 9.17) is 4.74 Å². The molecule has 1 saturated heterocycles. The maximum Gasteiger partial charge on any atom is 0.471 e. The molecule has 0 aliphatic carbocycles. The summed E-state index contributed by atoms with van der Waals surface area (Å²) in [6.07, 6.45) is -6.50. The smallest absolute Gasteiger partial charge is 0.343 e. The molecule has 0 aromatic carbocycles. The molecule has 2 rings (SSSR count). The molecule has 0 spiro atoms. The summed E-state index contributed by atoms with van der Waals surface area (Å²) < 4.78 is 43.4. The highest BCUT2D eigenvalue weighted by molar-refractivity contribution is 5.82. The maximum absolute atomic E-state index is 12.5. The van der Waals surface area contributed by atoms with Gasteiger partial charge in [0.05, 0.1) is 13.1 Å². The van der Waals surface area contributed by atoms with Crippen LogP contribution in [0.2, 0.25) is 0 Å². The lowest BCUT2D eigenvalue weighted by molar-refractivity contribution is -0.198. The molecule has 2 atom stereocenters. The van der Waals surface area contributed by atoms with E-state index in [0.717, 1.165) is 16.8 Å². The van der Waals surface area contributed by atoms with Crippen LogP contribution in [0.15, 0.2) is 21.9 Å². The van der Waals surface area contributed by atoms with Crippen molar-refractivity contribution < 1.29 is 27.5 Å². The lowest BCUT2D eigenvalue weighted by atomic mass is 10.2. The Labute approximate surface area is 120 Å². The van der Waals surface area contributed by atoms with Crippen molar-refractivity contribution in [3.05, 3.63) is 33.1 Å². The van der Waals surface area contributed by atoms with E-state index in [1.807, 2.05) is 4.98 Å². The number of carbonyl (C=O) groups excluding carboxylic acids is 2. The number of aldehydes is 1. The van der Waals surface area contributed by atoms with Crippen molar-refractivity contribution in [1.82, 2.24) is 14.5 Å². The molecule has 1 aromatic rings. The lowest BCUT2D eigenvalue weighted by Gasteiger charge is -2.36. The fourth-order valence-corrected chi connectivity index (χ4v) is 2.00. The highest BCUT2D eigenvalue weighted by Crippen LogP contribution is 2.24. The summed E-state index contributed by atoms with van der Waals surface area (Å²) in [5, 5.41) is 0. The first-order chi connectivity index (χ1) is 10.2. The number of carbonyl (C=O) groups is 2. The number of aromatic nitrogens is 2. The van der Waals surface area contributed by atoms with Crippen LogP contribution in [-0.4, -0.2) is 52.0 Å². The first kappa shape index (κ1) is 15.9. The third kappa shape index (κ3) is 3.24. The number of rotatable bonds is 2. The van der Waals surface area contributed by atoms with Gasteiger partial charge in [0.1, 0.15) is 6.10 Å². The monoisotopic (exact) mass is 321 g/mol. The van der Waals surface area contributed by atoms with Crippen LogP contribution >= 0.6 is 0 Å². The van der Waals surface area contributed by atoms with Crippen LogP contribution in [0.3, 0.4) is 0 Å². The molecule has 22 heavy (non-hydrogen) atoms. The number of halogens is 3. The Morgan fingerprint density at radius 2 is 2.05 bits per heavy atom. The molecule has 11 heteroatoms. The summed E-state index contributed by atoms with van der Waals surface area (Å²) in [5.74, 6) is -2.13. The third-order valence-corrected chi connectivity index (χ3v) is 2.95. The van der Waals surface area contributed by atoms with Gasteiger partial charge in [0, 0.05) is 12.3 Å². The van der Waals surface area contributed by atoms with Crippen LogP contribution in [-0.2, 0) is 14.3 Å². The van der Waals surface area contributed by atoms with E-state index in [0.29, 0.717) is 4.90 Å². The third-order valence-electron chi connectivity index (χ3n) is 2.95. The Kier molecular flexibility index (Phi) is 4.17. The van der Waals surface area contributed by atoms with E-state index in [-0.39, 0.29) is 6.29 Å². The number of H-pyrrole nitrogens is 1. The number of nitrogens with one attached hydrogen (secondary N) is 1. The molecule has 0 saturated carbocycles. The molecule has 1 aromatic heterocycles. The lowest BCUT2D eigenvalue weighted by Crippen LogP contribution is -2.54. The molecule has 1 aliphatic rings. The van der Waals surface area contributed by atoms with Crippen molar-refractivity contribution >= 4 is 12.2 Å². The fraction of sp³-hybridized carbons (Fsp3) is 0.455. The molecular formula is C11H10F3N3O5. The first-order valence-electron chi connectivity index (χ1n) is 6.00. The second-order valence-corrected chi connectivity index (χ2v) is 4.49. The minimum atomic E-state index is -5.11. The fourth-order valence-electron chi connectivity index (χ4n) is 2.00. The van der Waals surface area contributed by atoms with Crippen molar-refractivity contribution in [2.75, 3.05) is 13.1 Å². The van der Waals surface area contributed by atoms with Crippen LogP contribution in [0, 0.1) is 0 Å². The number of amides is 1. The number of alkyl halides is 3. The van der Waals surface area contributed by atoms with Crippen LogP contribution in [0.25, 0.3) is 0 Å². The van der Waals surface area contributed by atoms with E-state index in [1.165, 1.54) is 0 Å². The number of ether oxygens (including phenoxy) is 1. The standard InChI is InChI=1S/C11H10F3N3O5/c12-11(13,14)9(20)16-3-6(5-18)22-8(4-16)17-2-1-7(19)15-10(17)21/h1-2,5-6,8H,3-4H2,(H,15,19,21). The SMILES string of the molecule is O=CC1CN(C(=O)C(F)(F)F)CC(n2ccc(=O)[nH]c2=O)O1. The first-order valence-corrected chi connectivity index (χ1v) is 6.00. The van der Waals surface area contributed by atoms with E-state index in [1.54, 1.807) is 0 Å². The molecule has 2 heterocycles. The minimum Gasteiger partial charge on any atom is -0.343 e. The Bertz CT molecular complexity index is 695. The average Bonchev–Trinajstić information content (AvgIpc) is 2.44. The van der Waals surface area contributed by atoms with Gasteiger partial charge in [0.15, 0.2) is 12.5 Å². The number of morpholine rings is 1. The van der Waals surface area contributed by atoms with Gasteiger partial charge < -0.3 is 14.4 Å². The highest BCUT2D eigenvalue weighted by Gasteiger charge is 2.45. The zero-order valence-corrected chi connectivity index (χ0v) is 10.9. The molecule has 0 radical (unpaired) electrons. The summed E-state index contributed by atoms with van der Waals surface area (Å²) in [7, 11) is 0. The van der Waals surface area contributed by atoms with E-state index in [9.17, 15) is 32.3 Å². The van der Waals surface area contributed by atoms with Crippen LogP contribution in [0.5, 0.6) is 0 Å². The highest BCUT2D eigenvalue weighted by atomic mass is 19.4. The Balaban J connectivity index is 2.32. The summed E-state index contributed by atoms with van der Waals surface area (Å²) in [6.45, 7) is -1.16. The van der Waals surface area contributed by atoms with Gasteiger partial charge in [-0.1, -0.05) is 0 Å². The zero-order chi connectivity index (χ0) is 16.5. The average molecular weight is 321 g/mol. The topological polar surface area (TPSA) is 101 Å². The van der Waals surface area contributed by atoms with Gasteiger partial charge >= 0.3 is 17.8 Å². The predicted molar refractivity (Wildman–Crippen MR) is 63.9 cm³/mol. The van der Waals surface area contributed by atoms with Gasteiger partial charge in [0.2, 0.25) is 0 Å².